The first kappa shape index (κ1) is 14.4. The summed E-state index contributed by atoms with van der Waals surface area (Å²) in [7, 11) is 0. The third kappa shape index (κ3) is 3.03. The molecular formula is C17H24ClNO. The molecule has 0 bridgehead atoms. The number of benzene rings is 1. The van der Waals surface area contributed by atoms with E-state index < -0.39 is 0 Å². The van der Waals surface area contributed by atoms with Gasteiger partial charge in [0, 0.05) is 17.7 Å². The van der Waals surface area contributed by atoms with Crippen LogP contribution in [0.25, 0.3) is 0 Å². The summed E-state index contributed by atoms with van der Waals surface area (Å²) >= 11 is 6.25. The van der Waals surface area contributed by atoms with E-state index in [2.05, 4.69) is 6.07 Å². The van der Waals surface area contributed by atoms with Crippen molar-refractivity contribution in [2.75, 3.05) is 6.61 Å². The molecular weight excluding hydrogens is 270 g/mol. The van der Waals surface area contributed by atoms with Crippen LogP contribution in [0, 0.1) is 5.92 Å². The molecule has 1 spiro atoms. The number of hydrogen-bond donors (Lipinski definition) is 1. The number of ether oxygens (including phenoxy) is 1. The summed E-state index contributed by atoms with van der Waals surface area (Å²) in [5.41, 5.74) is 7.81. The molecule has 2 N–H and O–H groups in total. The quantitative estimate of drug-likeness (QED) is 0.916. The molecule has 2 fully saturated rings. The lowest BCUT2D eigenvalue weighted by molar-refractivity contribution is -0.0960. The van der Waals surface area contributed by atoms with Crippen LogP contribution >= 0.6 is 11.6 Å². The zero-order valence-corrected chi connectivity index (χ0v) is 12.7. The number of hydrogen-bond acceptors (Lipinski definition) is 2. The van der Waals surface area contributed by atoms with Crippen molar-refractivity contribution >= 4 is 11.6 Å². The highest BCUT2D eigenvalue weighted by atomic mass is 35.5. The molecule has 110 valence electrons. The molecule has 1 aromatic rings. The summed E-state index contributed by atoms with van der Waals surface area (Å²) in [6.45, 7) is 0.876. The summed E-state index contributed by atoms with van der Waals surface area (Å²) < 4.78 is 6.10. The van der Waals surface area contributed by atoms with Crippen LogP contribution in [0.5, 0.6) is 0 Å². The number of nitrogens with two attached hydrogens (primary N) is 1. The molecule has 1 aliphatic carbocycles. The fraction of sp³-hybridized carbons (Fsp3) is 0.647. The van der Waals surface area contributed by atoms with Gasteiger partial charge in [-0.1, -0.05) is 42.6 Å². The van der Waals surface area contributed by atoms with Crippen molar-refractivity contribution in [2.24, 2.45) is 11.7 Å². The average molecular weight is 294 g/mol. The van der Waals surface area contributed by atoms with Crippen molar-refractivity contribution in [3.05, 3.63) is 34.9 Å². The molecule has 0 aromatic heterocycles. The highest BCUT2D eigenvalue weighted by Crippen LogP contribution is 2.43. The fourth-order valence-corrected chi connectivity index (χ4v) is 4.10. The third-order valence-corrected chi connectivity index (χ3v) is 5.43. The van der Waals surface area contributed by atoms with Gasteiger partial charge in [0.15, 0.2) is 0 Å². The third-order valence-electron chi connectivity index (χ3n) is 5.06. The van der Waals surface area contributed by atoms with Crippen LogP contribution in [0.3, 0.4) is 0 Å². The summed E-state index contributed by atoms with van der Waals surface area (Å²) in [4.78, 5) is 0. The van der Waals surface area contributed by atoms with E-state index in [-0.39, 0.29) is 11.6 Å². The molecule has 0 radical (unpaired) electrons. The SMILES string of the molecule is NC(Cc1ccccc1Cl)C1CCOC2(CCCC2)C1. The smallest absolute Gasteiger partial charge is 0.0685 e. The fourth-order valence-electron chi connectivity index (χ4n) is 3.88. The van der Waals surface area contributed by atoms with Crippen LogP contribution in [-0.4, -0.2) is 18.2 Å². The van der Waals surface area contributed by atoms with Gasteiger partial charge in [-0.15, -0.1) is 0 Å². The zero-order chi connectivity index (χ0) is 14.0. The summed E-state index contributed by atoms with van der Waals surface area (Å²) in [6, 6.07) is 8.24. The zero-order valence-electron chi connectivity index (χ0n) is 12.0. The Morgan fingerprint density at radius 2 is 2.05 bits per heavy atom. The minimum Gasteiger partial charge on any atom is -0.375 e. The van der Waals surface area contributed by atoms with Crippen LogP contribution in [0.1, 0.15) is 44.1 Å². The second-order valence-corrected chi connectivity index (χ2v) is 6.86. The van der Waals surface area contributed by atoms with Crippen LogP contribution in [0.2, 0.25) is 5.02 Å². The van der Waals surface area contributed by atoms with Crippen LogP contribution in [0.4, 0.5) is 0 Å². The standard InChI is InChI=1S/C17H24ClNO/c18-15-6-2-1-5-13(15)11-16(19)14-7-10-20-17(12-14)8-3-4-9-17/h1-2,5-6,14,16H,3-4,7-12,19H2. The Kier molecular flexibility index (Phi) is 4.34. The lowest BCUT2D eigenvalue weighted by atomic mass is 9.79. The largest absolute Gasteiger partial charge is 0.375 e. The normalized spacial score (nSPS) is 26.8. The lowest BCUT2D eigenvalue weighted by Crippen LogP contribution is -2.44. The predicted octanol–water partition coefficient (Wildman–Crippen LogP) is 3.95. The minimum atomic E-state index is 0.154. The molecule has 1 aromatic carbocycles. The van der Waals surface area contributed by atoms with E-state index in [1.807, 2.05) is 18.2 Å². The maximum absolute atomic E-state index is 6.49. The Morgan fingerprint density at radius 3 is 2.80 bits per heavy atom. The van der Waals surface area contributed by atoms with E-state index >= 15 is 0 Å². The number of rotatable bonds is 3. The topological polar surface area (TPSA) is 35.2 Å². The minimum absolute atomic E-state index is 0.154. The molecule has 20 heavy (non-hydrogen) atoms. The monoisotopic (exact) mass is 293 g/mol. The lowest BCUT2D eigenvalue weighted by Gasteiger charge is -2.40. The first-order chi connectivity index (χ1) is 9.69. The second kappa shape index (κ2) is 6.05. The van der Waals surface area contributed by atoms with Crippen LogP contribution < -0.4 is 5.73 Å². The molecule has 3 heteroatoms. The van der Waals surface area contributed by atoms with E-state index in [0.717, 1.165) is 30.9 Å². The highest BCUT2D eigenvalue weighted by molar-refractivity contribution is 6.31. The predicted molar refractivity (Wildman–Crippen MR) is 83.0 cm³/mol. The van der Waals surface area contributed by atoms with Crippen molar-refractivity contribution < 1.29 is 4.74 Å². The number of halogens is 1. The molecule has 1 saturated heterocycles. The Labute approximate surface area is 126 Å². The molecule has 1 heterocycles. The van der Waals surface area contributed by atoms with E-state index in [0.29, 0.717) is 5.92 Å². The van der Waals surface area contributed by atoms with Gasteiger partial charge in [-0.3, -0.25) is 0 Å². The molecule has 2 atom stereocenters. The Bertz CT molecular complexity index is 456. The first-order valence-electron chi connectivity index (χ1n) is 7.81. The second-order valence-electron chi connectivity index (χ2n) is 6.45. The molecule has 2 nitrogen and oxygen atoms in total. The average Bonchev–Trinajstić information content (AvgIpc) is 2.89. The molecule has 0 amide bonds. The van der Waals surface area contributed by atoms with Gasteiger partial charge in [-0.2, -0.15) is 0 Å². The van der Waals surface area contributed by atoms with E-state index in [4.69, 9.17) is 22.1 Å². The van der Waals surface area contributed by atoms with Gasteiger partial charge in [-0.25, -0.2) is 0 Å². The van der Waals surface area contributed by atoms with Gasteiger partial charge in [0.1, 0.15) is 0 Å². The Hall–Kier alpha value is -0.570. The Morgan fingerprint density at radius 1 is 1.30 bits per heavy atom. The van der Waals surface area contributed by atoms with Gasteiger partial charge in [-0.05, 0) is 49.7 Å². The van der Waals surface area contributed by atoms with Crippen LogP contribution in [0.15, 0.2) is 24.3 Å². The van der Waals surface area contributed by atoms with Gasteiger partial charge in [0.05, 0.1) is 5.60 Å². The van der Waals surface area contributed by atoms with Crippen molar-refractivity contribution in [3.8, 4) is 0 Å². The highest BCUT2D eigenvalue weighted by Gasteiger charge is 2.41. The molecule has 2 aliphatic rings. The van der Waals surface area contributed by atoms with Gasteiger partial charge in [0.25, 0.3) is 0 Å². The summed E-state index contributed by atoms with van der Waals surface area (Å²) in [5.74, 6) is 0.568. The Balaban J connectivity index is 1.65. The van der Waals surface area contributed by atoms with Gasteiger partial charge in [0.2, 0.25) is 0 Å². The van der Waals surface area contributed by atoms with Crippen molar-refractivity contribution in [1.82, 2.24) is 0 Å². The van der Waals surface area contributed by atoms with E-state index in [1.54, 1.807) is 0 Å². The maximum atomic E-state index is 6.49. The van der Waals surface area contributed by atoms with Gasteiger partial charge < -0.3 is 10.5 Å². The first-order valence-corrected chi connectivity index (χ1v) is 8.19. The molecule has 1 aliphatic heterocycles. The summed E-state index contributed by atoms with van der Waals surface area (Å²) in [6.07, 6.45) is 8.18. The maximum Gasteiger partial charge on any atom is 0.0685 e. The van der Waals surface area contributed by atoms with E-state index in [9.17, 15) is 0 Å². The van der Waals surface area contributed by atoms with Crippen molar-refractivity contribution in [2.45, 2.75) is 56.6 Å². The molecule has 1 saturated carbocycles. The summed E-state index contributed by atoms with van der Waals surface area (Å²) in [5, 5.41) is 0.839. The van der Waals surface area contributed by atoms with Crippen molar-refractivity contribution in [3.63, 3.8) is 0 Å². The molecule has 2 unspecified atom stereocenters. The van der Waals surface area contributed by atoms with Gasteiger partial charge >= 0.3 is 0 Å². The van der Waals surface area contributed by atoms with E-state index in [1.165, 1.54) is 31.2 Å². The van der Waals surface area contributed by atoms with Crippen molar-refractivity contribution in [1.29, 1.82) is 0 Å². The molecule has 3 rings (SSSR count). The van der Waals surface area contributed by atoms with Crippen LogP contribution in [-0.2, 0) is 11.2 Å².